The molecule has 0 bridgehead atoms. The van der Waals surface area contributed by atoms with Crippen molar-refractivity contribution >= 4 is 29.1 Å². The minimum absolute atomic E-state index is 0.0845. The van der Waals surface area contributed by atoms with Crippen LogP contribution < -0.4 is 10.2 Å². The summed E-state index contributed by atoms with van der Waals surface area (Å²) in [7, 11) is 2.07. The summed E-state index contributed by atoms with van der Waals surface area (Å²) < 4.78 is 0. The maximum absolute atomic E-state index is 12.3. The van der Waals surface area contributed by atoms with Gasteiger partial charge in [-0.25, -0.2) is 0 Å². The van der Waals surface area contributed by atoms with E-state index in [0.29, 0.717) is 11.3 Å². The summed E-state index contributed by atoms with van der Waals surface area (Å²) in [6, 6.07) is 14.9. The predicted octanol–water partition coefficient (Wildman–Crippen LogP) is 4.55. The van der Waals surface area contributed by atoms with Gasteiger partial charge in [-0.15, -0.1) is 0 Å². The van der Waals surface area contributed by atoms with Gasteiger partial charge in [-0.1, -0.05) is 31.7 Å². The lowest BCUT2D eigenvalue weighted by atomic mass is 10.1. The number of anilines is 2. The molecule has 4 heteroatoms. The van der Waals surface area contributed by atoms with Gasteiger partial charge in [-0.3, -0.25) is 9.59 Å². The van der Waals surface area contributed by atoms with E-state index < -0.39 is 0 Å². The van der Waals surface area contributed by atoms with Crippen LogP contribution in [0.5, 0.6) is 0 Å². The Balaban J connectivity index is 2.00. The zero-order valence-corrected chi connectivity index (χ0v) is 15.2. The van der Waals surface area contributed by atoms with Gasteiger partial charge in [0.2, 0.25) is 5.91 Å². The topological polar surface area (TPSA) is 49.4 Å². The first kappa shape index (κ1) is 19.2. The zero-order chi connectivity index (χ0) is 18.9. The minimum atomic E-state index is -0.281. The number of benzene rings is 2. The molecule has 2 aromatic carbocycles. The summed E-state index contributed by atoms with van der Waals surface area (Å²) in [4.78, 5) is 25.7. The maximum Gasteiger partial charge on any atom is 0.247 e. The lowest BCUT2D eigenvalue weighted by molar-refractivity contribution is -0.111. The number of nitrogens with zero attached hydrogens (tertiary/aromatic N) is 1. The number of hydrogen-bond donors (Lipinski definition) is 1. The first-order valence-electron chi connectivity index (χ1n) is 8.60. The molecule has 0 aliphatic rings. The molecule has 0 aliphatic heterocycles. The molecule has 2 rings (SSSR count). The highest BCUT2D eigenvalue weighted by Gasteiger charge is 2.03. The van der Waals surface area contributed by atoms with E-state index in [1.54, 1.807) is 36.4 Å². The number of carbonyl (C=O) groups excluding carboxylic acids is 2. The normalized spacial score (nSPS) is 10.5. The van der Waals surface area contributed by atoms with Gasteiger partial charge >= 0.3 is 0 Å². The van der Waals surface area contributed by atoms with Crippen LogP contribution >= 0.6 is 0 Å². The van der Waals surface area contributed by atoms with Gasteiger partial charge in [0.1, 0.15) is 0 Å². The average molecular weight is 348 g/mol. The van der Waals surface area contributed by atoms with Crippen molar-refractivity contribution in [3.05, 3.63) is 78.4 Å². The number of nitrogens with one attached hydrogen (secondary N) is 1. The summed E-state index contributed by atoms with van der Waals surface area (Å²) in [5, 5.41) is 2.65. The van der Waals surface area contributed by atoms with E-state index in [1.807, 2.05) is 12.1 Å². The monoisotopic (exact) mass is 348 g/mol. The summed E-state index contributed by atoms with van der Waals surface area (Å²) in [5.41, 5.74) is 3.33. The molecular formula is C22H24N2O2. The third-order valence-electron chi connectivity index (χ3n) is 3.94. The lowest BCUT2D eigenvalue weighted by Crippen LogP contribution is -2.17. The van der Waals surface area contributed by atoms with E-state index >= 15 is 0 Å². The van der Waals surface area contributed by atoms with E-state index in [-0.39, 0.29) is 11.7 Å². The van der Waals surface area contributed by atoms with Crippen LogP contribution in [-0.2, 0) is 4.79 Å². The van der Waals surface area contributed by atoms with Crippen LogP contribution in [0.2, 0.25) is 0 Å². The van der Waals surface area contributed by atoms with Crippen LogP contribution in [0.15, 0.2) is 67.3 Å². The van der Waals surface area contributed by atoms with Crippen molar-refractivity contribution in [1.82, 2.24) is 0 Å². The molecule has 0 heterocycles. The molecule has 1 amide bonds. The molecule has 0 fully saturated rings. The predicted molar refractivity (Wildman–Crippen MR) is 109 cm³/mol. The molecule has 134 valence electrons. The molecular weight excluding hydrogens is 324 g/mol. The van der Waals surface area contributed by atoms with Gasteiger partial charge in [0.25, 0.3) is 0 Å². The van der Waals surface area contributed by atoms with Crippen molar-refractivity contribution < 1.29 is 9.59 Å². The molecule has 0 saturated carbocycles. The van der Waals surface area contributed by atoms with Gasteiger partial charge in [-0.05, 0) is 60.5 Å². The van der Waals surface area contributed by atoms with Crippen molar-refractivity contribution in [2.24, 2.45) is 0 Å². The van der Waals surface area contributed by atoms with Crippen LogP contribution in [0.25, 0.3) is 6.08 Å². The summed E-state index contributed by atoms with van der Waals surface area (Å²) in [6.45, 7) is 6.56. The maximum atomic E-state index is 12.3. The molecule has 0 aliphatic carbocycles. The summed E-state index contributed by atoms with van der Waals surface area (Å²) in [6.07, 6.45) is 5.66. The SMILES string of the molecule is C=CC(=O)Nc1ccc(C(=O)/C=C/c2ccc(N(C)CCC)cc2)cc1. The van der Waals surface area contributed by atoms with Gasteiger partial charge < -0.3 is 10.2 Å². The molecule has 0 aromatic heterocycles. The molecule has 0 saturated heterocycles. The fourth-order valence-corrected chi connectivity index (χ4v) is 2.48. The standard InChI is InChI=1S/C22H24N2O2/c1-4-16-24(3)20-13-6-17(7-14-20)8-15-21(25)18-9-11-19(12-10-18)23-22(26)5-2/h5-15H,2,4,16H2,1,3H3,(H,23,26)/b15-8+. The Bertz CT molecular complexity index is 790. The summed E-state index contributed by atoms with van der Waals surface area (Å²) >= 11 is 0. The zero-order valence-electron chi connectivity index (χ0n) is 15.2. The van der Waals surface area contributed by atoms with E-state index in [0.717, 1.165) is 24.2 Å². The molecule has 0 radical (unpaired) electrons. The largest absolute Gasteiger partial charge is 0.375 e. The average Bonchev–Trinajstić information content (AvgIpc) is 2.67. The van der Waals surface area contributed by atoms with Crippen LogP contribution in [0.3, 0.4) is 0 Å². The fraction of sp³-hybridized carbons (Fsp3) is 0.182. The third kappa shape index (κ3) is 5.45. The van der Waals surface area contributed by atoms with Gasteiger partial charge in [0.15, 0.2) is 5.78 Å². The highest BCUT2D eigenvalue weighted by atomic mass is 16.1. The van der Waals surface area contributed by atoms with Gasteiger partial charge in [0, 0.05) is 30.5 Å². The lowest BCUT2D eigenvalue weighted by Gasteiger charge is -2.18. The first-order chi connectivity index (χ1) is 12.5. The van der Waals surface area contributed by atoms with Crippen LogP contribution in [0.1, 0.15) is 29.3 Å². The highest BCUT2D eigenvalue weighted by Crippen LogP contribution is 2.16. The number of hydrogen-bond acceptors (Lipinski definition) is 3. The van der Waals surface area contributed by atoms with Crippen molar-refractivity contribution in [3.63, 3.8) is 0 Å². The number of ketones is 1. The van der Waals surface area contributed by atoms with Gasteiger partial charge in [-0.2, -0.15) is 0 Å². The molecule has 4 nitrogen and oxygen atoms in total. The van der Waals surface area contributed by atoms with Crippen molar-refractivity contribution in [2.75, 3.05) is 23.8 Å². The van der Waals surface area contributed by atoms with E-state index in [2.05, 4.69) is 42.9 Å². The minimum Gasteiger partial charge on any atom is -0.375 e. The smallest absolute Gasteiger partial charge is 0.247 e. The second-order valence-corrected chi connectivity index (χ2v) is 5.98. The van der Waals surface area contributed by atoms with Gasteiger partial charge in [0.05, 0.1) is 0 Å². The number of allylic oxidation sites excluding steroid dienone is 1. The molecule has 26 heavy (non-hydrogen) atoms. The molecule has 0 spiro atoms. The fourth-order valence-electron chi connectivity index (χ4n) is 2.48. The second kappa shape index (κ2) is 9.37. The first-order valence-corrected chi connectivity index (χ1v) is 8.60. The number of carbonyl (C=O) groups is 2. The Labute approximate surface area is 154 Å². The Morgan fingerprint density at radius 2 is 1.73 bits per heavy atom. The summed E-state index contributed by atoms with van der Waals surface area (Å²) in [5.74, 6) is -0.365. The van der Waals surface area contributed by atoms with Crippen LogP contribution in [0.4, 0.5) is 11.4 Å². The van der Waals surface area contributed by atoms with E-state index in [4.69, 9.17) is 0 Å². The Kier molecular flexibility index (Phi) is 6.92. The molecule has 2 aromatic rings. The Morgan fingerprint density at radius 1 is 1.08 bits per heavy atom. The van der Waals surface area contributed by atoms with E-state index in [1.165, 1.54) is 6.08 Å². The van der Waals surface area contributed by atoms with Crippen LogP contribution in [0, 0.1) is 0 Å². The molecule has 0 atom stereocenters. The Hall–Kier alpha value is -3.14. The van der Waals surface area contributed by atoms with Crippen molar-refractivity contribution in [1.29, 1.82) is 0 Å². The third-order valence-corrected chi connectivity index (χ3v) is 3.94. The molecule has 0 unspecified atom stereocenters. The van der Waals surface area contributed by atoms with Crippen molar-refractivity contribution in [3.8, 4) is 0 Å². The highest BCUT2D eigenvalue weighted by molar-refractivity contribution is 6.07. The molecule has 1 N–H and O–H groups in total. The van der Waals surface area contributed by atoms with E-state index in [9.17, 15) is 9.59 Å². The van der Waals surface area contributed by atoms with Crippen LogP contribution in [-0.4, -0.2) is 25.3 Å². The second-order valence-electron chi connectivity index (χ2n) is 5.98. The number of amides is 1. The number of rotatable bonds is 8. The van der Waals surface area contributed by atoms with Crippen molar-refractivity contribution in [2.45, 2.75) is 13.3 Å². The quantitative estimate of drug-likeness (QED) is 0.562. The Morgan fingerprint density at radius 3 is 2.31 bits per heavy atom.